The summed E-state index contributed by atoms with van der Waals surface area (Å²) >= 11 is 0. The van der Waals surface area contributed by atoms with Crippen molar-refractivity contribution in [1.82, 2.24) is 19.7 Å². The van der Waals surface area contributed by atoms with Crippen molar-refractivity contribution in [2.24, 2.45) is 18.0 Å². The van der Waals surface area contributed by atoms with Crippen molar-refractivity contribution in [2.45, 2.75) is 26.3 Å². The number of nitrogens with zero attached hydrogens (tertiary/aromatic N) is 4. The average molecular weight is 433 g/mol. The molecule has 0 amide bonds. The van der Waals surface area contributed by atoms with Crippen LogP contribution in [-0.4, -0.2) is 60.6 Å². The van der Waals surface area contributed by atoms with Gasteiger partial charge in [0.1, 0.15) is 0 Å². The summed E-state index contributed by atoms with van der Waals surface area (Å²) in [5, 5.41) is 3.42. The van der Waals surface area contributed by atoms with E-state index in [1.165, 1.54) is 31.6 Å². The number of hydrogen-bond donors (Lipinski definition) is 1. The molecule has 1 atom stereocenters. The molecule has 0 aliphatic carbocycles. The highest BCUT2D eigenvalue weighted by atomic mass is 127. The first-order valence-corrected chi connectivity index (χ1v) is 8.38. The van der Waals surface area contributed by atoms with Gasteiger partial charge >= 0.3 is 0 Å². The Hall–Kier alpha value is -0.760. The van der Waals surface area contributed by atoms with Crippen LogP contribution in [0.2, 0.25) is 0 Å². The van der Waals surface area contributed by atoms with Gasteiger partial charge in [-0.25, -0.2) is 0 Å². The van der Waals surface area contributed by atoms with Crippen LogP contribution in [0.25, 0.3) is 0 Å². The van der Waals surface area contributed by atoms with Gasteiger partial charge < -0.3 is 19.7 Å². The molecule has 1 fully saturated rings. The second-order valence-corrected chi connectivity index (χ2v) is 6.43. The quantitative estimate of drug-likeness (QED) is 0.440. The van der Waals surface area contributed by atoms with E-state index in [-0.39, 0.29) is 24.0 Å². The lowest BCUT2D eigenvalue weighted by Crippen LogP contribution is -2.40. The Morgan fingerprint density at radius 2 is 2.22 bits per heavy atom. The second kappa shape index (κ2) is 10.2. The molecule has 2 rings (SSSR count). The minimum absolute atomic E-state index is 0. The molecule has 1 unspecified atom stereocenters. The maximum absolute atomic E-state index is 4.88. The van der Waals surface area contributed by atoms with Gasteiger partial charge in [0.05, 0.1) is 6.54 Å². The largest absolute Gasteiger partial charge is 0.357 e. The zero-order valence-electron chi connectivity index (χ0n) is 15.0. The van der Waals surface area contributed by atoms with Crippen molar-refractivity contribution in [3.63, 3.8) is 0 Å². The zero-order chi connectivity index (χ0) is 15.9. The maximum Gasteiger partial charge on any atom is 0.194 e. The molecule has 0 aromatic carbocycles. The highest BCUT2D eigenvalue weighted by Crippen LogP contribution is 2.15. The molecular weight excluding hydrogens is 401 g/mol. The van der Waals surface area contributed by atoms with Crippen LogP contribution in [0.3, 0.4) is 0 Å². The summed E-state index contributed by atoms with van der Waals surface area (Å²) in [6.45, 7) is 7.23. The summed E-state index contributed by atoms with van der Waals surface area (Å²) in [6, 6.07) is 4.25. The monoisotopic (exact) mass is 433 g/mol. The number of rotatable bonds is 5. The Morgan fingerprint density at radius 3 is 2.83 bits per heavy atom. The molecule has 5 nitrogen and oxygen atoms in total. The van der Waals surface area contributed by atoms with Crippen LogP contribution in [-0.2, 0) is 13.6 Å². The standard InChI is InChI=1S/C17H31N5.HI/c1-5-18-17(19-12-15-8-6-10-20(2)13-15)22(4)14-16-9-7-11-21(16)3;/h7,9,11,15H,5-6,8,10,12-14H2,1-4H3,(H,18,19);1H. The summed E-state index contributed by atoms with van der Waals surface area (Å²) < 4.78 is 2.16. The van der Waals surface area contributed by atoms with Crippen LogP contribution < -0.4 is 5.32 Å². The highest BCUT2D eigenvalue weighted by molar-refractivity contribution is 14.0. The lowest BCUT2D eigenvalue weighted by molar-refractivity contribution is 0.214. The van der Waals surface area contributed by atoms with Gasteiger partial charge in [0, 0.05) is 45.6 Å². The molecule has 0 radical (unpaired) electrons. The summed E-state index contributed by atoms with van der Waals surface area (Å²) in [7, 11) is 6.41. The van der Waals surface area contributed by atoms with Gasteiger partial charge in [-0.3, -0.25) is 4.99 Å². The van der Waals surface area contributed by atoms with Crippen molar-refractivity contribution in [3.8, 4) is 0 Å². The molecule has 1 aromatic rings. The molecule has 0 bridgehead atoms. The Kier molecular flexibility index (Phi) is 8.98. The van der Waals surface area contributed by atoms with Gasteiger partial charge in [-0.05, 0) is 51.4 Å². The van der Waals surface area contributed by atoms with E-state index in [1.54, 1.807) is 0 Å². The third kappa shape index (κ3) is 6.33. The molecule has 1 aliphatic rings. The maximum atomic E-state index is 4.88. The highest BCUT2D eigenvalue weighted by Gasteiger charge is 2.17. The fraction of sp³-hybridized carbons (Fsp3) is 0.706. The van der Waals surface area contributed by atoms with Crippen LogP contribution in [0.5, 0.6) is 0 Å². The minimum Gasteiger partial charge on any atom is -0.357 e. The van der Waals surface area contributed by atoms with E-state index in [1.807, 2.05) is 0 Å². The molecule has 1 saturated heterocycles. The van der Waals surface area contributed by atoms with E-state index in [9.17, 15) is 0 Å². The molecule has 1 N–H and O–H groups in total. The number of nitrogens with one attached hydrogen (secondary N) is 1. The Balaban J connectivity index is 0.00000264. The normalized spacial score (nSPS) is 19.3. The lowest BCUT2D eigenvalue weighted by atomic mass is 9.99. The van der Waals surface area contributed by atoms with Gasteiger partial charge in [0.2, 0.25) is 0 Å². The van der Waals surface area contributed by atoms with Crippen molar-refractivity contribution in [1.29, 1.82) is 0 Å². The summed E-state index contributed by atoms with van der Waals surface area (Å²) in [5.41, 5.74) is 1.30. The fourth-order valence-electron chi connectivity index (χ4n) is 3.09. The molecule has 6 heteroatoms. The number of aromatic nitrogens is 1. The number of likely N-dealkylation sites (tertiary alicyclic amines) is 1. The first-order chi connectivity index (χ1) is 10.6. The van der Waals surface area contributed by atoms with Crippen LogP contribution in [0.15, 0.2) is 23.3 Å². The van der Waals surface area contributed by atoms with Gasteiger partial charge in [-0.2, -0.15) is 0 Å². The Labute approximate surface area is 158 Å². The number of piperidine rings is 1. The molecular formula is C17H32IN5. The van der Waals surface area contributed by atoms with E-state index in [4.69, 9.17) is 4.99 Å². The van der Waals surface area contributed by atoms with E-state index in [2.05, 4.69) is 66.1 Å². The molecule has 0 saturated carbocycles. The first kappa shape index (κ1) is 20.3. The van der Waals surface area contributed by atoms with Crippen molar-refractivity contribution in [3.05, 3.63) is 24.0 Å². The average Bonchev–Trinajstić information content (AvgIpc) is 2.88. The predicted molar refractivity (Wildman–Crippen MR) is 108 cm³/mol. The van der Waals surface area contributed by atoms with E-state index < -0.39 is 0 Å². The topological polar surface area (TPSA) is 35.8 Å². The molecule has 132 valence electrons. The van der Waals surface area contributed by atoms with Gasteiger partial charge in [0.15, 0.2) is 5.96 Å². The van der Waals surface area contributed by atoms with Crippen molar-refractivity contribution < 1.29 is 0 Å². The van der Waals surface area contributed by atoms with E-state index in [0.29, 0.717) is 5.92 Å². The van der Waals surface area contributed by atoms with E-state index in [0.717, 1.165) is 25.6 Å². The molecule has 23 heavy (non-hydrogen) atoms. The molecule has 1 aliphatic heterocycles. The van der Waals surface area contributed by atoms with Crippen LogP contribution in [0.4, 0.5) is 0 Å². The summed E-state index contributed by atoms with van der Waals surface area (Å²) in [4.78, 5) is 9.51. The van der Waals surface area contributed by atoms with Gasteiger partial charge in [0.25, 0.3) is 0 Å². The van der Waals surface area contributed by atoms with Gasteiger partial charge in [-0.15, -0.1) is 24.0 Å². The number of aryl methyl sites for hydroxylation is 1. The summed E-state index contributed by atoms with van der Waals surface area (Å²) in [6.07, 6.45) is 4.69. The number of aliphatic imine (C=N–C) groups is 1. The fourth-order valence-corrected chi connectivity index (χ4v) is 3.09. The third-order valence-corrected chi connectivity index (χ3v) is 4.37. The zero-order valence-corrected chi connectivity index (χ0v) is 17.3. The SMILES string of the molecule is CCNC(=NCC1CCCN(C)C1)N(C)Cc1cccn1C.I. The number of halogens is 1. The van der Waals surface area contributed by atoms with Crippen LogP contribution >= 0.6 is 24.0 Å². The molecule has 0 spiro atoms. The van der Waals surface area contributed by atoms with Crippen molar-refractivity contribution >= 4 is 29.9 Å². The summed E-state index contributed by atoms with van der Waals surface area (Å²) in [5.74, 6) is 1.70. The lowest BCUT2D eigenvalue weighted by Gasteiger charge is -2.29. The molecule has 1 aromatic heterocycles. The minimum atomic E-state index is 0. The van der Waals surface area contributed by atoms with Crippen LogP contribution in [0.1, 0.15) is 25.5 Å². The van der Waals surface area contributed by atoms with Crippen molar-refractivity contribution in [2.75, 3.05) is 40.3 Å². The Bertz CT molecular complexity index is 485. The predicted octanol–water partition coefficient (Wildman–Crippen LogP) is 2.38. The third-order valence-electron chi connectivity index (χ3n) is 4.37. The van der Waals surface area contributed by atoms with E-state index >= 15 is 0 Å². The van der Waals surface area contributed by atoms with Crippen LogP contribution in [0, 0.1) is 5.92 Å². The number of guanidine groups is 1. The number of hydrogen-bond acceptors (Lipinski definition) is 2. The van der Waals surface area contributed by atoms with Gasteiger partial charge in [-0.1, -0.05) is 0 Å². The Morgan fingerprint density at radius 1 is 1.43 bits per heavy atom. The second-order valence-electron chi connectivity index (χ2n) is 6.43. The smallest absolute Gasteiger partial charge is 0.194 e. The molecule has 2 heterocycles. The first-order valence-electron chi connectivity index (χ1n) is 8.38.